The molecule has 0 saturated carbocycles. The van der Waals surface area contributed by atoms with E-state index in [9.17, 15) is 9.90 Å². The van der Waals surface area contributed by atoms with Crippen molar-refractivity contribution in [2.45, 2.75) is 41.5 Å². The molecular weight excluding hydrogens is 621 g/mol. The van der Waals surface area contributed by atoms with Crippen LogP contribution in [0.4, 0.5) is 0 Å². The fraction of sp³-hybridized carbons (Fsp3) is 0.333. The number of ketones is 1. The topological polar surface area (TPSA) is 59.4 Å². The van der Waals surface area contributed by atoms with Gasteiger partial charge in [-0.25, -0.2) is 0 Å². The molecule has 0 unspecified atom stereocenters. The molecule has 0 aliphatic rings. The van der Waals surface area contributed by atoms with Crippen LogP contribution in [-0.4, -0.2) is 30.4 Å². The van der Waals surface area contributed by atoms with Crippen molar-refractivity contribution < 1.29 is 34.7 Å². The van der Waals surface area contributed by atoms with Crippen molar-refractivity contribution in [3.05, 3.63) is 65.4 Å². The van der Waals surface area contributed by atoms with Crippen molar-refractivity contribution in [1.82, 2.24) is 4.98 Å². The molecular formula is C24H28IrNO3Se-. The van der Waals surface area contributed by atoms with E-state index in [2.05, 4.69) is 22.1 Å². The van der Waals surface area contributed by atoms with Crippen LogP contribution in [-0.2, 0) is 24.9 Å². The van der Waals surface area contributed by atoms with Gasteiger partial charge in [0.25, 0.3) is 0 Å². The second-order valence-corrected chi connectivity index (χ2v) is 10.7. The third kappa shape index (κ3) is 8.20. The van der Waals surface area contributed by atoms with Crippen molar-refractivity contribution in [3.8, 4) is 11.6 Å². The summed E-state index contributed by atoms with van der Waals surface area (Å²) in [6.07, 6.45) is 3.23. The Bertz CT molecular complexity index is 983. The minimum absolute atomic E-state index is 0. The number of pyridine rings is 1. The molecule has 0 spiro atoms. The quantitative estimate of drug-likeness (QED) is 0.165. The van der Waals surface area contributed by atoms with Crippen LogP contribution in [0.5, 0.6) is 11.6 Å². The molecule has 30 heavy (non-hydrogen) atoms. The first kappa shape index (κ1) is 26.3. The molecule has 0 atom stereocenters. The van der Waals surface area contributed by atoms with E-state index in [0.717, 1.165) is 0 Å². The number of para-hydroxylation sites is 1. The van der Waals surface area contributed by atoms with Crippen molar-refractivity contribution in [2.75, 3.05) is 0 Å². The Morgan fingerprint density at radius 1 is 1.13 bits per heavy atom. The van der Waals surface area contributed by atoms with Gasteiger partial charge in [-0.05, 0) is 0 Å². The van der Waals surface area contributed by atoms with Gasteiger partial charge in [0, 0.05) is 37.0 Å². The minimum atomic E-state index is -0.417. The maximum atomic E-state index is 11.5. The average molecular weight is 650 g/mol. The zero-order chi connectivity index (χ0) is 21.7. The number of nitrogens with zero attached hydrogens (tertiary/aromatic N) is 1. The SMILES string of the molecule is CC(C)(C)C(=O)/C=C(\O)C(C)(C)C.[Ir].[c-]1ccccc1Oc1cc2cc[se]c2cn1. The summed E-state index contributed by atoms with van der Waals surface area (Å²) in [7, 11) is 0. The summed E-state index contributed by atoms with van der Waals surface area (Å²) in [4.78, 5) is 18.0. The molecule has 0 fully saturated rings. The van der Waals surface area contributed by atoms with Gasteiger partial charge in [0.1, 0.15) is 5.76 Å². The first-order valence-corrected chi connectivity index (χ1v) is 11.2. The van der Waals surface area contributed by atoms with E-state index >= 15 is 0 Å². The first-order valence-electron chi connectivity index (χ1n) is 9.40. The third-order valence-corrected chi connectivity index (χ3v) is 5.81. The molecule has 4 nitrogen and oxygen atoms in total. The summed E-state index contributed by atoms with van der Waals surface area (Å²) in [5.74, 6) is 1.43. The molecule has 2 heterocycles. The summed E-state index contributed by atoms with van der Waals surface area (Å²) >= 11 is 0.444. The molecule has 0 bridgehead atoms. The zero-order valence-corrected chi connectivity index (χ0v) is 22.3. The number of fused-ring (bicyclic) bond motifs is 1. The van der Waals surface area contributed by atoms with E-state index in [-0.39, 0.29) is 37.1 Å². The average Bonchev–Trinajstić information content (AvgIpc) is 3.09. The molecule has 163 valence electrons. The molecule has 1 aromatic carbocycles. The number of ether oxygens (including phenoxy) is 1. The summed E-state index contributed by atoms with van der Waals surface area (Å²) in [6, 6.07) is 14.6. The van der Waals surface area contributed by atoms with Crippen molar-refractivity contribution in [3.63, 3.8) is 0 Å². The predicted octanol–water partition coefficient (Wildman–Crippen LogP) is 5.97. The van der Waals surface area contributed by atoms with E-state index in [1.807, 2.05) is 78.1 Å². The van der Waals surface area contributed by atoms with Crippen LogP contribution in [0.2, 0.25) is 0 Å². The number of hydrogen-bond acceptors (Lipinski definition) is 4. The van der Waals surface area contributed by atoms with Crippen LogP contribution in [0.1, 0.15) is 41.5 Å². The number of hydrogen-bond donors (Lipinski definition) is 1. The van der Waals surface area contributed by atoms with Gasteiger partial charge < -0.3 is 5.11 Å². The van der Waals surface area contributed by atoms with Gasteiger partial charge in [0.15, 0.2) is 5.78 Å². The van der Waals surface area contributed by atoms with Crippen LogP contribution in [0.3, 0.4) is 0 Å². The molecule has 6 heteroatoms. The van der Waals surface area contributed by atoms with Crippen LogP contribution >= 0.6 is 0 Å². The number of carbonyl (C=O) groups excluding carboxylic acids is 1. The Morgan fingerprint density at radius 3 is 2.40 bits per heavy atom. The van der Waals surface area contributed by atoms with Crippen molar-refractivity contribution in [2.24, 2.45) is 10.8 Å². The standard InChI is InChI=1S/C13H8NOSe.C11H20O2.Ir/c1-2-4-11(5-3-1)15-13-8-10-6-7-16-12(10)9-14-13;1-10(2,3)8(12)7-9(13)11(4,5)6;/h1-4,6-9H;7,12H,1-6H3;/q-1;;/b;8-7-;. The maximum absolute atomic E-state index is 11.5. The van der Waals surface area contributed by atoms with E-state index in [1.165, 1.54) is 15.7 Å². The Morgan fingerprint density at radius 2 is 1.83 bits per heavy atom. The van der Waals surface area contributed by atoms with Gasteiger partial charge in [-0.15, -0.1) is 0 Å². The van der Waals surface area contributed by atoms with Gasteiger partial charge in [-0.3, -0.25) is 4.79 Å². The summed E-state index contributed by atoms with van der Waals surface area (Å²) in [6.45, 7) is 11.1. The zero-order valence-electron chi connectivity index (χ0n) is 18.1. The Kier molecular flexibility index (Phi) is 9.71. The summed E-state index contributed by atoms with van der Waals surface area (Å²) in [5, 5.41) is 10.8. The van der Waals surface area contributed by atoms with Gasteiger partial charge in [-0.1, -0.05) is 41.5 Å². The van der Waals surface area contributed by atoms with Crippen molar-refractivity contribution >= 4 is 29.9 Å². The first-order chi connectivity index (χ1) is 13.5. The number of carbonyl (C=O) groups is 1. The second kappa shape index (κ2) is 11.1. The van der Waals surface area contributed by atoms with Gasteiger partial charge in [0.05, 0.1) is 0 Å². The molecule has 1 radical (unpaired) electrons. The van der Waals surface area contributed by atoms with Gasteiger partial charge in [0.2, 0.25) is 0 Å². The van der Waals surface area contributed by atoms with E-state index in [0.29, 0.717) is 26.1 Å². The van der Waals surface area contributed by atoms with Crippen LogP contribution in [0.15, 0.2) is 59.4 Å². The number of benzene rings is 1. The molecule has 3 rings (SSSR count). The number of aliphatic hydroxyl groups excluding tert-OH is 1. The monoisotopic (exact) mass is 651 g/mol. The molecule has 2 aromatic heterocycles. The number of aromatic nitrogens is 1. The van der Waals surface area contributed by atoms with Crippen LogP contribution in [0.25, 0.3) is 9.65 Å². The van der Waals surface area contributed by atoms with E-state index < -0.39 is 5.41 Å². The Labute approximate surface area is 198 Å². The number of allylic oxidation sites excluding steroid dienone is 2. The Balaban J connectivity index is 0.000000299. The summed E-state index contributed by atoms with van der Waals surface area (Å²) < 4.78 is 6.93. The molecule has 0 aliphatic heterocycles. The molecule has 1 N–H and O–H groups in total. The molecule has 0 saturated heterocycles. The summed E-state index contributed by atoms with van der Waals surface area (Å²) in [5.41, 5.74) is -0.764. The number of aliphatic hydroxyl groups is 1. The predicted molar refractivity (Wildman–Crippen MR) is 119 cm³/mol. The molecule has 0 amide bonds. The van der Waals surface area contributed by atoms with E-state index in [4.69, 9.17) is 4.74 Å². The fourth-order valence-corrected chi connectivity index (χ4v) is 3.56. The second-order valence-electron chi connectivity index (χ2n) is 8.70. The third-order valence-electron chi connectivity index (χ3n) is 3.99. The van der Waals surface area contributed by atoms with E-state index in [1.54, 1.807) is 0 Å². The van der Waals surface area contributed by atoms with Crippen LogP contribution in [0, 0.1) is 16.9 Å². The van der Waals surface area contributed by atoms with Gasteiger partial charge >= 0.3 is 99.1 Å². The number of rotatable bonds is 3. The Hall–Kier alpha value is -1.71. The molecule has 0 aliphatic carbocycles. The fourth-order valence-electron chi connectivity index (χ4n) is 2.01. The normalized spacial score (nSPS) is 11.9. The van der Waals surface area contributed by atoms with Crippen molar-refractivity contribution in [1.29, 1.82) is 0 Å². The molecule has 3 aromatic rings. The van der Waals surface area contributed by atoms with Gasteiger partial charge in [-0.2, -0.15) is 0 Å². The van der Waals surface area contributed by atoms with Crippen LogP contribution < -0.4 is 4.74 Å².